The largest absolute Gasteiger partial charge is 0.439 e. The number of amides is 1. The minimum absolute atomic E-state index is 0.0124. The Morgan fingerprint density at radius 2 is 1.86 bits per heavy atom. The van der Waals surface area contributed by atoms with Crippen molar-refractivity contribution in [3.05, 3.63) is 74.6 Å². The van der Waals surface area contributed by atoms with Gasteiger partial charge >= 0.3 is 11.9 Å². The van der Waals surface area contributed by atoms with Crippen molar-refractivity contribution in [2.75, 3.05) is 13.1 Å². The summed E-state index contributed by atoms with van der Waals surface area (Å²) >= 11 is 1.06. The summed E-state index contributed by atoms with van der Waals surface area (Å²) in [6, 6.07) is 10.1. The summed E-state index contributed by atoms with van der Waals surface area (Å²) in [6.07, 6.45) is -3.09. The van der Waals surface area contributed by atoms with Crippen LogP contribution < -0.4 is 16.0 Å². The number of halogens is 3. The number of aryl methyl sites for hydroxylation is 2. The number of carbonyl (C=O) groups excluding carboxylic acids is 1. The van der Waals surface area contributed by atoms with E-state index in [0.29, 0.717) is 33.2 Å². The number of H-pyrrole nitrogens is 1. The lowest BCUT2D eigenvalue weighted by Crippen LogP contribution is -2.41. The van der Waals surface area contributed by atoms with E-state index in [1.807, 2.05) is 0 Å². The van der Waals surface area contributed by atoms with Gasteiger partial charge in [0.1, 0.15) is 10.6 Å². The molecule has 0 spiro atoms. The molecule has 0 bridgehead atoms. The number of fused-ring (bicyclic) bond motifs is 1. The van der Waals surface area contributed by atoms with Crippen molar-refractivity contribution in [1.29, 1.82) is 0 Å². The number of aromatic nitrogens is 3. The molecule has 1 aliphatic heterocycles. The van der Waals surface area contributed by atoms with Gasteiger partial charge in [-0.2, -0.15) is 13.2 Å². The third-order valence-electron chi connectivity index (χ3n) is 6.15. The summed E-state index contributed by atoms with van der Waals surface area (Å²) in [4.78, 5) is 46.0. The Balaban J connectivity index is 1.38. The summed E-state index contributed by atoms with van der Waals surface area (Å²) in [6.45, 7) is 2.62. The highest BCUT2D eigenvalue weighted by molar-refractivity contribution is 7.22. The molecule has 0 radical (unpaired) electrons. The first kappa shape index (κ1) is 24.8. The normalized spacial score (nSPS) is 13.6. The molecular formula is C25H21F3N4O4S. The van der Waals surface area contributed by atoms with Gasteiger partial charge < -0.3 is 9.64 Å². The molecule has 1 saturated heterocycles. The zero-order valence-corrected chi connectivity index (χ0v) is 20.4. The Bertz CT molecular complexity index is 1580. The van der Waals surface area contributed by atoms with E-state index in [2.05, 4.69) is 9.97 Å². The monoisotopic (exact) mass is 530 g/mol. The van der Waals surface area contributed by atoms with E-state index >= 15 is 0 Å². The maximum atomic E-state index is 12.8. The Morgan fingerprint density at radius 1 is 1.14 bits per heavy atom. The number of thiophene rings is 1. The molecule has 1 aliphatic rings. The Kier molecular flexibility index (Phi) is 6.36. The van der Waals surface area contributed by atoms with Gasteiger partial charge in [0.05, 0.1) is 11.8 Å². The summed E-state index contributed by atoms with van der Waals surface area (Å²) in [5, 5.41) is 0.176. The van der Waals surface area contributed by atoms with Crippen LogP contribution in [0.2, 0.25) is 0 Å². The Morgan fingerprint density at radius 3 is 2.46 bits per heavy atom. The van der Waals surface area contributed by atoms with Crippen LogP contribution in [0.15, 0.2) is 52.2 Å². The molecule has 4 heterocycles. The van der Waals surface area contributed by atoms with E-state index in [9.17, 15) is 27.6 Å². The minimum Gasteiger partial charge on any atom is -0.439 e. The lowest BCUT2D eigenvalue weighted by molar-refractivity contribution is -0.136. The van der Waals surface area contributed by atoms with Crippen molar-refractivity contribution in [1.82, 2.24) is 19.4 Å². The van der Waals surface area contributed by atoms with Crippen LogP contribution in [0.5, 0.6) is 11.6 Å². The van der Waals surface area contributed by atoms with Gasteiger partial charge in [0, 0.05) is 47.9 Å². The van der Waals surface area contributed by atoms with Gasteiger partial charge in [-0.05, 0) is 49.2 Å². The van der Waals surface area contributed by atoms with Gasteiger partial charge in [0.25, 0.3) is 11.5 Å². The van der Waals surface area contributed by atoms with E-state index < -0.39 is 30.4 Å². The smallest absolute Gasteiger partial charge is 0.390 e. The average molecular weight is 531 g/mol. The van der Waals surface area contributed by atoms with E-state index in [1.54, 1.807) is 48.2 Å². The second-order valence-electron chi connectivity index (χ2n) is 8.67. The van der Waals surface area contributed by atoms with Crippen LogP contribution in [0.3, 0.4) is 0 Å². The summed E-state index contributed by atoms with van der Waals surface area (Å²) in [7, 11) is 0. The lowest BCUT2D eigenvalue weighted by Gasteiger charge is -2.30. The molecule has 0 saturated carbocycles. The number of nitrogens with one attached hydrogen (secondary N) is 1. The zero-order chi connectivity index (χ0) is 26.3. The van der Waals surface area contributed by atoms with Crippen LogP contribution in [0, 0.1) is 6.92 Å². The van der Waals surface area contributed by atoms with Crippen molar-refractivity contribution in [2.45, 2.75) is 32.5 Å². The molecule has 0 aliphatic carbocycles. The summed E-state index contributed by atoms with van der Waals surface area (Å²) in [5.74, 6) is 0.782. The second kappa shape index (κ2) is 9.51. The summed E-state index contributed by atoms with van der Waals surface area (Å²) < 4.78 is 45.1. The average Bonchev–Trinajstić information content (AvgIpc) is 3.15. The molecule has 0 unspecified atom stereocenters. The van der Waals surface area contributed by atoms with E-state index in [4.69, 9.17) is 4.74 Å². The molecular weight excluding hydrogens is 509 g/mol. The predicted octanol–water partition coefficient (Wildman–Crippen LogP) is 4.71. The highest BCUT2D eigenvalue weighted by Crippen LogP contribution is 2.37. The molecule has 3 aromatic heterocycles. The van der Waals surface area contributed by atoms with Crippen LogP contribution in [0.4, 0.5) is 13.2 Å². The van der Waals surface area contributed by atoms with Gasteiger partial charge in [-0.3, -0.25) is 19.1 Å². The number of rotatable bonds is 6. The molecule has 4 aromatic rings. The maximum Gasteiger partial charge on any atom is 0.390 e. The summed E-state index contributed by atoms with van der Waals surface area (Å²) in [5.41, 5.74) is 0.219. The first-order valence-electron chi connectivity index (χ1n) is 11.5. The molecule has 1 amide bonds. The van der Waals surface area contributed by atoms with Crippen LogP contribution in [-0.2, 0) is 6.54 Å². The SMILES string of the molecule is Cc1c(-c2ccc(Oc3ccc(C(=O)N4CCC4)cc3)nc2)sc2c1c(=O)[nH]c(=O)n2CCC(F)(F)F. The van der Waals surface area contributed by atoms with Crippen molar-refractivity contribution in [3.8, 4) is 22.1 Å². The predicted molar refractivity (Wildman–Crippen MR) is 132 cm³/mol. The molecule has 12 heteroatoms. The molecule has 8 nitrogen and oxygen atoms in total. The highest BCUT2D eigenvalue weighted by Gasteiger charge is 2.28. The van der Waals surface area contributed by atoms with Gasteiger partial charge in [-0.25, -0.2) is 9.78 Å². The topological polar surface area (TPSA) is 97.3 Å². The van der Waals surface area contributed by atoms with E-state index in [-0.39, 0.29) is 16.1 Å². The molecule has 1 aromatic carbocycles. The van der Waals surface area contributed by atoms with Crippen molar-refractivity contribution in [2.24, 2.45) is 0 Å². The second-order valence-corrected chi connectivity index (χ2v) is 9.67. The lowest BCUT2D eigenvalue weighted by atomic mass is 10.1. The number of benzene rings is 1. The van der Waals surface area contributed by atoms with E-state index in [1.165, 1.54) is 6.20 Å². The van der Waals surface area contributed by atoms with Crippen LogP contribution in [0.25, 0.3) is 20.7 Å². The molecule has 5 rings (SSSR count). The fourth-order valence-electron chi connectivity index (χ4n) is 4.06. The van der Waals surface area contributed by atoms with Crippen LogP contribution in [0.1, 0.15) is 28.8 Å². The number of hydrogen-bond acceptors (Lipinski definition) is 6. The standard InChI is InChI=1S/C25H21F3N4O4S/c1-14-19-21(33)30-24(35)32(12-9-25(26,27)28)23(19)37-20(14)16-5-8-18(29-13-16)36-17-6-3-15(4-7-17)22(34)31-10-2-11-31/h3-8,13H,2,9-12H2,1H3,(H,30,33,35). The number of hydrogen-bond donors (Lipinski definition) is 1. The quantitative estimate of drug-likeness (QED) is 0.389. The van der Waals surface area contributed by atoms with Crippen LogP contribution in [-0.4, -0.2) is 44.6 Å². The highest BCUT2D eigenvalue weighted by atomic mass is 32.1. The molecule has 37 heavy (non-hydrogen) atoms. The minimum atomic E-state index is -4.44. The first-order chi connectivity index (χ1) is 17.6. The number of pyridine rings is 1. The Hall–Kier alpha value is -3.93. The molecule has 1 fully saturated rings. The third-order valence-corrected chi connectivity index (χ3v) is 7.51. The molecule has 1 N–H and O–H groups in total. The van der Waals surface area contributed by atoms with Gasteiger partial charge in [-0.1, -0.05) is 0 Å². The third kappa shape index (κ3) is 5.01. The van der Waals surface area contributed by atoms with Crippen LogP contribution >= 0.6 is 11.3 Å². The van der Waals surface area contributed by atoms with Crippen molar-refractivity contribution < 1.29 is 22.7 Å². The first-order valence-corrected chi connectivity index (χ1v) is 12.3. The fraction of sp³-hybridized carbons (Fsp3) is 0.280. The van der Waals surface area contributed by atoms with E-state index in [0.717, 1.165) is 35.4 Å². The number of ether oxygens (including phenoxy) is 1. The van der Waals surface area contributed by atoms with Gasteiger partial charge in [-0.15, -0.1) is 11.3 Å². The number of nitrogens with zero attached hydrogens (tertiary/aromatic N) is 3. The number of carbonyl (C=O) groups is 1. The number of likely N-dealkylation sites (tertiary alicyclic amines) is 1. The molecule has 0 atom stereocenters. The molecule has 192 valence electrons. The number of alkyl halides is 3. The zero-order valence-electron chi connectivity index (χ0n) is 19.6. The van der Waals surface area contributed by atoms with Crippen molar-refractivity contribution in [3.63, 3.8) is 0 Å². The van der Waals surface area contributed by atoms with Gasteiger partial charge in [0.2, 0.25) is 5.88 Å². The maximum absolute atomic E-state index is 12.8. The van der Waals surface area contributed by atoms with Crippen molar-refractivity contribution >= 4 is 27.5 Å². The number of aromatic amines is 1. The van der Waals surface area contributed by atoms with Gasteiger partial charge in [0.15, 0.2) is 0 Å². The Labute approximate surface area is 212 Å². The fourth-order valence-corrected chi connectivity index (χ4v) is 5.37.